The summed E-state index contributed by atoms with van der Waals surface area (Å²) in [5, 5.41) is 12.4. The van der Waals surface area contributed by atoms with Gasteiger partial charge in [0.1, 0.15) is 0 Å². The molecule has 126 valence electrons. The Balaban J connectivity index is 1.83. The highest BCUT2D eigenvalue weighted by Gasteiger charge is 2.01. The van der Waals surface area contributed by atoms with E-state index in [2.05, 4.69) is 64.4 Å². The molecule has 4 heteroatoms. The van der Waals surface area contributed by atoms with E-state index in [0.29, 0.717) is 11.6 Å². The summed E-state index contributed by atoms with van der Waals surface area (Å²) in [4.78, 5) is 10.2. The van der Waals surface area contributed by atoms with Crippen molar-refractivity contribution >= 4 is 30.0 Å². The van der Waals surface area contributed by atoms with Gasteiger partial charge in [-0.25, -0.2) is 0 Å². The van der Waals surface area contributed by atoms with Crippen LogP contribution in [0.25, 0.3) is 24.3 Å². The molecule has 3 aromatic rings. The zero-order chi connectivity index (χ0) is 17.2. The van der Waals surface area contributed by atoms with Crippen molar-refractivity contribution in [1.29, 1.82) is 5.41 Å². The van der Waals surface area contributed by atoms with E-state index in [9.17, 15) is 0 Å². The molecule has 0 saturated carbocycles. The van der Waals surface area contributed by atoms with E-state index in [-0.39, 0.29) is 0 Å². The number of aromatic nitrogens is 3. The van der Waals surface area contributed by atoms with Crippen LogP contribution in [0.5, 0.6) is 0 Å². The molecule has 1 aliphatic heterocycles. The van der Waals surface area contributed by atoms with Gasteiger partial charge in [-0.15, -0.1) is 0 Å². The number of fused-ring (bicyclic) bond motifs is 6. The third-order valence-electron chi connectivity index (χ3n) is 4.48. The number of nitrogens with one attached hydrogen (secondary N) is 4. The van der Waals surface area contributed by atoms with Crippen molar-refractivity contribution in [2.24, 2.45) is 5.92 Å². The molecule has 0 spiro atoms. The van der Waals surface area contributed by atoms with Gasteiger partial charge in [-0.1, -0.05) is 13.0 Å². The summed E-state index contributed by atoms with van der Waals surface area (Å²) in [6.45, 7) is 2.20. The Kier molecular flexibility index (Phi) is 4.02. The van der Waals surface area contributed by atoms with E-state index in [0.717, 1.165) is 45.6 Å². The van der Waals surface area contributed by atoms with Crippen LogP contribution < -0.4 is 21.4 Å². The Bertz CT molecular complexity index is 1140. The summed E-state index contributed by atoms with van der Waals surface area (Å²) in [6.07, 6.45) is 10.1. The molecule has 3 aromatic heterocycles. The molecule has 0 aromatic carbocycles. The zero-order valence-corrected chi connectivity index (χ0v) is 14.3. The van der Waals surface area contributed by atoms with Crippen molar-refractivity contribution in [3.63, 3.8) is 0 Å². The fraction of sp³-hybridized carbons (Fsp3) is 0.190. The van der Waals surface area contributed by atoms with Crippen LogP contribution >= 0.6 is 0 Å². The van der Waals surface area contributed by atoms with Gasteiger partial charge in [-0.3, -0.25) is 0 Å². The minimum Gasteiger partial charge on any atom is -0.356 e. The monoisotopic (exact) mass is 330 g/mol. The molecule has 1 atom stereocenters. The first kappa shape index (κ1) is 15.5. The summed E-state index contributed by atoms with van der Waals surface area (Å²) >= 11 is 0. The van der Waals surface area contributed by atoms with Crippen LogP contribution in [-0.4, -0.2) is 20.7 Å². The largest absolute Gasteiger partial charge is 0.356 e. The maximum atomic E-state index is 8.20. The number of aromatic amines is 3. The highest BCUT2D eigenvalue weighted by molar-refractivity contribution is 6.07. The second-order valence-electron chi connectivity index (χ2n) is 6.75. The Labute approximate surface area is 145 Å². The van der Waals surface area contributed by atoms with E-state index in [4.69, 9.17) is 5.41 Å². The zero-order valence-electron chi connectivity index (χ0n) is 14.3. The average Bonchev–Trinajstić information content (AvgIpc) is 3.29. The van der Waals surface area contributed by atoms with Crippen molar-refractivity contribution in [2.45, 2.75) is 19.8 Å². The first-order valence-electron chi connectivity index (χ1n) is 8.68. The molecule has 1 aliphatic rings. The van der Waals surface area contributed by atoms with E-state index in [1.54, 1.807) is 0 Å². The highest BCUT2D eigenvalue weighted by Crippen LogP contribution is 2.08. The van der Waals surface area contributed by atoms with Crippen LogP contribution in [0.2, 0.25) is 0 Å². The molecule has 0 radical (unpaired) electrons. The summed E-state index contributed by atoms with van der Waals surface area (Å²) in [5.74, 6) is 0.417. The number of rotatable bonds is 0. The van der Waals surface area contributed by atoms with Crippen LogP contribution in [0.1, 0.15) is 31.2 Å². The van der Waals surface area contributed by atoms with E-state index >= 15 is 0 Å². The fourth-order valence-electron chi connectivity index (χ4n) is 3.17. The number of hydrogen-bond acceptors (Lipinski definition) is 1. The normalized spacial score (nSPS) is 20.4. The maximum absolute atomic E-state index is 8.20. The summed E-state index contributed by atoms with van der Waals surface area (Å²) in [5.41, 5.74) is 2.77. The third kappa shape index (κ3) is 3.74. The van der Waals surface area contributed by atoms with E-state index < -0.39 is 0 Å². The molecule has 4 N–H and O–H groups in total. The van der Waals surface area contributed by atoms with Crippen LogP contribution in [0, 0.1) is 11.3 Å². The summed E-state index contributed by atoms with van der Waals surface area (Å²) in [7, 11) is 0. The molecule has 0 saturated heterocycles. The Morgan fingerprint density at radius 2 is 1.32 bits per heavy atom. The van der Waals surface area contributed by atoms with Crippen molar-refractivity contribution in [1.82, 2.24) is 15.0 Å². The quantitative estimate of drug-likeness (QED) is 0.480. The maximum Gasteiger partial charge on any atom is 0.0405 e. The molecule has 25 heavy (non-hydrogen) atoms. The lowest BCUT2D eigenvalue weighted by Gasteiger charge is -2.04. The predicted octanol–water partition coefficient (Wildman–Crippen LogP) is 1.34. The minimum absolute atomic E-state index is 0.417. The van der Waals surface area contributed by atoms with Crippen molar-refractivity contribution in [3.05, 3.63) is 69.2 Å². The van der Waals surface area contributed by atoms with Crippen molar-refractivity contribution in [2.75, 3.05) is 0 Å². The smallest absolute Gasteiger partial charge is 0.0405 e. The molecule has 0 fully saturated rings. The molecular formula is C21H22N4. The molecule has 0 aliphatic carbocycles. The van der Waals surface area contributed by atoms with Crippen LogP contribution in [0.3, 0.4) is 0 Å². The Morgan fingerprint density at radius 3 is 2.00 bits per heavy atom. The van der Waals surface area contributed by atoms with Gasteiger partial charge >= 0.3 is 0 Å². The van der Waals surface area contributed by atoms with Gasteiger partial charge in [-0.2, -0.15) is 0 Å². The van der Waals surface area contributed by atoms with E-state index in [1.807, 2.05) is 18.2 Å². The van der Waals surface area contributed by atoms with Gasteiger partial charge in [0, 0.05) is 38.5 Å². The standard InChI is InChI=1S/C21H22N4/c1-14-2-3-15(22)11-17-5-7-19(24-17)13-21-9-8-20(25-21)12-18-6-4-16(10-14)23-18/h4-14,22-25H,2-3H2,1H3/b16-10-,17-11?,18-12-,19-13?,22-15?. The van der Waals surface area contributed by atoms with Gasteiger partial charge in [-0.05, 0) is 73.4 Å². The van der Waals surface area contributed by atoms with Crippen LogP contribution in [-0.2, 0) is 0 Å². The summed E-state index contributed by atoms with van der Waals surface area (Å²) in [6, 6.07) is 12.4. The van der Waals surface area contributed by atoms with Crippen LogP contribution in [0.15, 0.2) is 36.4 Å². The van der Waals surface area contributed by atoms with Gasteiger partial charge < -0.3 is 20.4 Å². The lowest BCUT2D eigenvalue weighted by atomic mass is 10.0. The third-order valence-corrected chi connectivity index (χ3v) is 4.48. The second kappa shape index (κ2) is 6.48. The number of H-pyrrole nitrogens is 3. The lowest BCUT2D eigenvalue weighted by molar-refractivity contribution is 0.702. The van der Waals surface area contributed by atoms with Crippen molar-refractivity contribution < 1.29 is 0 Å². The lowest BCUT2D eigenvalue weighted by Crippen LogP contribution is -2.12. The molecule has 6 bridgehead atoms. The number of hydrogen-bond donors (Lipinski definition) is 4. The van der Waals surface area contributed by atoms with Gasteiger partial charge in [0.15, 0.2) is 0 Å². The topological polar surface area (TPSA) is 71.2 Å². The van der Waals surface area contributed by atoms with E-state index in [1.165, 1.54) is 0 Å². The molecular weight excluding hydrogens is 308 g/mol. The van der Waals surface area contributed by atoms with Gasteiger partial charge in [0.25, 0.3) is 0 Å². The van der Waals surface area contributed by atoms with Gasteiger partial charge in [0.05, 0.1) is 0 Å². The predicted molar refractivity (Wildman–Crippen MR) is 103 cm³/mol. The molecule has 4 heterocycles. The molecule has 0 amide bonds. The average molecular weight is 330 g/mol. The minimum atomic E-state index is 0.417. The second-order valence-corrected chi connectivity index (χ2v) is 6.75. The molecule has 4 nitrogen and oxygen atoms in total. The SMILES string of the molecule is CC1/C=c2/cc/c([nH]2)=C/c2ccc([nH]2)C=c2ccc([nH]2)=CC(=N)CC1. The molecule has 1 unspecified atom stereocenters. The Morgan fingerprint density at radius 1 is 0.760 bits per heavy atom. The molecule has 4 rings (SSSR count). The van der Waals surface area contributed by atoms with Crippen LogP contribution in [0.4, 0.5) is 0 Å². The first-order valence-corrected chi connectivity index (χ1v) is 8.68. The highest BCUT2D eigenvalue weighted by atomic mass is 14.7. The van der Waals surface area contributed by atoms with Gasteiger partial charge in [0.2, 0.25) is 0 Å². The van der Waals surface area contributed by atoms with Crippen molar-refractivity contribution in [3.8, 4) is 0 Å². The first-order chi connectivity index (χ1) is 12.1. The summed E-state index contributed by atoms with van der Waals surface area (Å²) < 4.78 is 0. The Hall–Kier alpha value is -3.01. The fourth-order valence-corrected chi connectivity index (χ4v) is 3.17.